The number of pyridine rings is 2. The van der Waals surface area contributed by atoms with Gasteiger partial charge in [0.25, 0.3) is 0 Å². The van der Waals surface area contributed by atoms with Gasteiger partial charge < -0.3 is 28.8 Å². The molecule has 186 valence electrons. The average molecular weight is 486 g/mol. The highest BCUT2D eigenvalue weighted by atomic mass is 19.1. The Bertz CT molecular complexity index is 1310. The van der Waals surface area contributed by atoms with E-state index in [4.69, 9.17) is 14.2 Å². The molecule has 35 heavy (non-hydrogen) atoms. The first kappa shape index (κ1) is 24.5. The Labute approximate surface area is 201 Å². The van der Waals surface area contributed by atoms with Gasteiger partial charge in [-0.25, -0.2) is 14.2 Å². The third-order valence-corrected chi connectivity index (χ3v) is 6.17. The Morgan fingerprint density at radius 2 is 2.06 bits per heavy atom. The highest BCUT2D eigenvalue weighted by molar-refractivity contribution is 5.93. The van der Waals surface area contributed by atoms with Crippen LogP contribution in [0.1, 0.15) is 35.7 Å². The Morgan fingerprint density at radius 3 is 2.74 bits per heavy atom. The summed E-state index contributed by atoms with van der Waals surface area (Å²) in [5, 5.41) is 9.68. The zero-order valence-electron chi connectivity index (χ0n) is 19.9. The van der Waals surface area contributed by atoms with Crippen LogP contribution in [0.15, 0.2) is 35.3 Å². The first-order valence-electron chi connectivity index (χ1n) is 11.4. The topological polar surface area (TPSA) is 103 Å². The number of methoxy groups -OCH3 is 2. The standard InChI is InChI=1S/C25H28FN3O6/c1-4-35-25(32)19-13-28(12-15-7-8-17(33-2)10-21(15)34-3)23-18(22(19)31)11-20(26)24(27-23)29-9-5-6-16(29)14-30/h7-8,10-11,13,16,30H,4-6,9,12,14H2,1-3H3/t16-/m0/s1. The first-order chi connectivity index (χ1) is 16.9. The van der Waals surface area contributed by atoms with Crippen molar-refractivity contribution in [1.82, 2.24) is 9.55 Å². The Morgan fingerprint density at radius 1 is 1.26 bits per heavy atom. The van der Waals surface area contributed by atoms with Crippen LogP contribution in [0.3, 0.4) is 0 Å². The molecule has 0 saturated carbocycles. The third-order valence-electron chi connectivity index (χ3n) is 6.17. The van der Waals surface area contributed by atoms with Crippen LogP contribution in [0.5, 0.6) is 11.5 Å². The summed E-state index contributed by atoms with van der Waals surface area (Å²) < 4.78 is 32.7. The monoisotopic (exact) mass is 485 g/mol. The Kier molecular flexibility index (Phi) is 7.20. The van der Waals surface area contributed by atoms with Crippen LogP contribution in [0.25, 0.3) is 11.0 Å². The predicted octanol–water partition coefficient (Wildman–Crippen LogP) is 2.74. The van der Waals surface area contributed by atoms with E-state index in [1.165, 1.54) is 13.3 Å². The highest BCUT2D eigenvalue weighted by Gasteiger charge is 2.29. The number of carbonyl (C=O) groups excluding carboxylic acids is 1. The van der Waals surface area contributed by atoms with E-state index in [1.807, 2.05) is 0 Å². The number of aliphatic hydroxyl groups is 1. The maximum absolute atomic E-state index is 15.2. The number of aliphatic hydroxyl groups excluding tert-OH is 1. The second-order valence-corrected chi connectivity index (χ2v) is 8.24. The molecule has 0 spiro atoms. The smallest absolute Gasteiger partial charge is 0.343 e. The highest BCUT2D eigenvalue weighted by Crippen LogP contribution is 2.30. The molecule has 0 unspecified atom stereocenters. The number of fused-ring (bicyclic) bond motifs is 1. The van der Waals surface area contributed by atoms with E-state index >= 15 is 4.39 Å². The van der Waals surface area contributed by atoms with Crippen LogP contribution in [-0.2, 0) is 11.3 Å². The molecule has 10 heteroatoms. The van der Waals surface area contributed by atoms with E-state index in [2.05, 4.69) is 4.98 Å². The largest absolute Gasteiger partial charge is 0.497 e. The van der Waals surface area contributed by atoms with Gasteiger partial charge in [-0.15, -0.1) is 0 Å². The molecule has 1 aromatic carbocycles. The summed E-state index contributed by atoms with van der Waals surface area (Å²) in [5.74, 6) is -0.276. The van der Waals surface area contributed by atoms with E-state index in [-0.39, 0.29) is 48.2 Å². The van der Waals surface area contributed by atoms with Crippen LogP contribution in [-0.4, -0.2) is 60.6 Å². The van der Waals surface area contributed by atoms with Crippen molar-refractivity contribution in [3.05, 3.63) is 57.6 Å². The number of hydrogen-bond acceptors (Lipinski definition) is 8. The van der Waals surface area contributed by atoms with E-state index in [0.29, 0.717) is 24.5 Å². The molecule has 1 fully saturated rings. The SMILES string of the molecule is CCOC(=O)c1cn(Cc2ccc(OC)cc2OC)c2nc(N3CCC[C@H]3CO)c(F)cc2c1=O. The Hall–Kier alpha value is -3.66. The number of ether oxygens (including phenoxy) is 3. The van der Waals surface area contributed by atoms with Crippen LogP contribution in [0.2, 0.25) is 0 Å². The number of carbonyl (C=O) groups is 1. The minimum absolute atomic E-state index is 0.0379. The molecule has 1 aliphatic rings. The van der Waals surface area contributed by atoms with Gasteiger partial charge in [-0.3, -0.25) is 4.79 Å². The zero-order valence-corrected chi connectivity index (χ0v) is 19.9. The zero-order chi connectivity index (χ0) is 25.1. The van der Waals surface area contributed by atoms with Crippen molar-refractivity contribution in [2.24, 2.45) is 0 Å². The van der Waals surface area contributed by atoms with Crippen molar-refractivity contribution in [3.8, 4) is 11.5 Å². The average Bonchev–Trinajstić information content (AvgIpc) is 3.34. The van der Waals surface area contributed by atoms with Crippen molar-refractivity contribution >= 4 is 22.8 Å². The van der Waals surface area contributed by atoms with Gasteiger partial charge in [-0.1, -0.05) is 0 Å². The van der Waals surface area contributed by atoms with Gasteiger partial charge in [0.05, 0.1) is 45.4 Å². The summed E-state index contributed by atoms with van der Waals surface area (Å²) in [6.07, 6.45) is 2.89. The number of aromatic nitrogens is 2. The van der Waals surface area contributed by atoms with E-state index in [0.717, 1.165) is 18.1 Å². The molecule has 1 atom stereocenters. The molecular formula is C25H28FN3O6. The Balaban J connectivity index is 1.92. The maximum Gasteiger partial charge on any atom is 0.343 e. The summed E-state index contributed by atoms with van der Waals surface area (Å²) in [6, 6.07) is 6.15. The summed E-state index contributed by atoms with van der Waals surface area (Å²) in [6.45, 7) is 2.32. The van der Waals surface area contributed by atoms with E-state index in [9.17, 15) is 14.7 Å². The molecule has 0 aliphatic carbocycles. The van der Waals surface area contributed by atoms with Crippen molar-refractivity contribution in [1.29, 1.82) is 0 Å². The van der Waals surface area contributed by atoms with Crippen molar-refractivity contribution < 1.29 is 28.5 Å². The maximum atomic E-state index is 15.2. The molecule has 3 heterocycles. The molecule has 9 nitrogen and oxygen atoms in total. The van der Waals surface area contributed by atoms with Gasteiger partial charge in [-0.05, 0) is 38.0 Å². The van der Waals surface area contributed by atoms with Crippen LogP contribution in [0, 0.1) is 5.82 Å². The molecule has 1 aliphatic heterocycles. The van der Waals surface area contributed by atoms with Gasteiger partial charge in [0.1, 0.15) is 22.7 Å². The van der Waals surface area contributed by atoms with Crippen molar-refractivity contribution in [3.63, 3.8) is 0 Å². The lowest BCUT2D eigenvalue weighted by Crippen LogP contribution is -2.34. The lowest BCUT2D eigenvalue weighted by molar-refractivity contribution is 0.0524. The summed E-state index contributed by atoms with van der Waals surface area (Å²) in [7, 11) is 3.08. The second-order valence-electron chi connectivity index (χ2n) is 8.24. The van der Waals surface area contributed by atoms with Gasteiger partial charge in [0, 0.05) is 24.4 Å². The number of benzene rings is 1. The van der Waals surface area contributed by atoms with Gasteiger partial charge in [-0.2, -0.15) is 0 Å². The van der Waals surface area contributed by atoms with Gasteiger partial charge in [0.15, 0.2) is 11.6 Å². The normalized spacial score (nSPS) is 15.5. The first-order valence-corrected chi connectivity index (χ1v) is 11.4. The molecule has 0 radical (unpaired) electrons. The summed E-state index contributed by atoms with van der Waals surface area (Å²) >= 11 is 0. The van der Waals surface area contributed by atoms with Crippen LogP contribution >= 0.6 is 0 Å². The molecule has 4 rings (SSSR count). The molecule has 3 aromatic rings. The molecule has 0 bridgehead atoms. The van der Waals surface area contributed by atoms with Crippen LogP contribution < -0.4 is 19.8 Å². The predicted molar refractivity (Wildman–Crippen MR) is 128 cm³/mol. The lowest BCUT2D eigenvalue weighted by atomic mass is 10.1. The number of rotatable bonds is 8. The molecule has 0 amide bonds. The summed E-state index contributed by atoms with van der Waals surface area (Å²) in [4.78, 5) is 31.9. The quantitative estimate of drug-likeness (QED) is 0.486. The fourth-order valence-corrected chi connectivity index (χ4v) is 4.42. The van der Waals surface area contributed by atoms with Crippen LogP contribution in [0.4, 0.5) is 10.2 Å². The number of anilines is 1. The molecule has 1 N–H and O–H groups in total. The van der Waals surface area contributed by atoms with Gasteiger partial charge in [0.2, 0.25) is 5.43 Å². The third kappa shape index (κ3) is 4.66. The van der Waals surface area contributed by atoms with E-state index < -0.39 is 17.2 Å². The number of halogens is 1. The molecule has 2 aromatic heterocycles. The van der Waals surface area contributed by atoms with Gasteiger partial charge >= 0.3 is 5.97 Å². The number of esters is 1. The molecular weight excluding hydrogens is 457 g/mol. The molecule has 1 saturated heterocycles. The minimum Gasteiger partial charge on any atom is -0.497 e. The van der Waals surface area contributed by atoms with E-state index in [1.54, 1.807) is 41.7 Å². The van der Waals surface area contributed by atoms with Crippen molar-refractivity contribution in [2.45, 2.75) is 32.4 Å². The fourth-order valence-electron chi connectivity index (χ4n) is 4.42. The minimum atomic E-state index is -0.792. The summed E-state index contributed by atoms with van der Waals surface area (Å²) in [5.41, 5.74) is 0.0701. The second kappa shape index (κ2) is 10.3. The lowest BCUT2D eigenvalue weighted by Gasteiger charge is -2.25. The number of hydrogen-bond donors (Lipinski definition) is 1. The fraction of sp³-hybridized carbons (Fsp3) is 0.400. The van der Waals surface area contributed by atoms with Crippen molar-refractivity contribution in [2.75, 3.05) is 38.9 Å². The number of nitrogens with zero attached hydrogens (tertiary/aromatic N) is 3.